The van der Waals surface area contributed by atoms with Crippen molar-refractivity contribution in [2.24, 2.45) is 0 Å². The van der Waals surface area contributed by atoms with Gasteiger partial charge in [-0.05, 0) is 30.3 Å². The minimum atomic E-state index is -0.822. The predicted octanol–water partition coefficient (Wildman–Crippen LogP) is 2.09. The van der Waals surface area contributed by atoms with Gasteiger partial charge in [0.2, 0.25) is 5.91 Å². The van der Waals surface area contributed by atoms with E-state index in [0.29, 0.717) is 11.4 Å². The number of amides is 2. The first-order valence-electron chi connectivity index (χ1n) is 7.99. The molecule has 0 atom stereocenters. The second-order valence-electron chi connectivity index (χ2n) is 5.62. The summed E-state index contributed by atoms with van der Waals surface area (Å²) in [5.41, 5.74) is 0.527. The SMILES string of the molecule is COc1cccc(NC(=O)CN(C)C(=O)COC(=O)c2cccc(F)c2)c1. The van der Waals surface area contributed by atoms with E-state index in [-0.39, 0.29) is 12.1 Å². The number of esters is 1. The van der Waals surface area contributed by atoms with Gasteiger partial charge >= 0.3 is 5.97 Å². The zero-order valence-electron chi connectivity index (χ0n) is 14.9. The molecular formula is C19H19FN2O5. The van der Waals surface area contributed by atoms with E-state index in [1.807, 2.05) is 0 Å². The number of likely N-dealkylation sites (N-methyl/N-ethyl adjacent to an activating group) is 1. The topological polar surface area (TPSA) is 84.9 Å². The summed E-state index contributed by atoms with van der Waals surface area (Å²) >= 11 is 0. The fraction of sp³-hybridized carbons (Fsp3) is 0.211. The van der Waals surface area contributed by atoms with Crippen LogP contribution in [0.1, 0.15) is 10.4 Å². The lowest BCUT2D eigenvalue weighted by molar-refractivity contribution is -0.136. The molecule has 0 bridgehead atoms. The number of methoxy groups -OCH3 is 1. The number of hydrogen-bond acceptors (Lipinski definition) is 5. The van der Waals surface area contributed by atoms with Crippen molar-refractivity contribution in [2.75, 3.05) is 32.6 Å². The van der Waals surface area contributed by atoms with Crippen LogP contribution in [0.5, 0.6) is 5.75 Å². The summed E-state index contributed by atoms with van der Waals surface area (Å²) in [4.78, 5) is 37.0. The van der Waals surface area contributed by atoms with E-state index in [9.17, 15) is 18.8 Å². The number of nitrogens with zero attached hydrogens (tertiary/aromatic N) is 1. The van der Waals surface area contributed by atoms with Gasteiger partial charge in [-0.3, -0.25) is 9.59 Å². The average Bonchev–Trinajstić information content (AvgIpc) is 2.65. The predicted molar refractivity (Wildman–Crippen MR) is 95.9 cm³/mol. The Balaban J connectivity index is 1.82. The van der Waals surface area contributed by atoms with Gasteiger partial charge in [0.1, 0.15) is 11.6 Å². The van der Waals surface area contributed by atoms with Crippen LogP contribution in [0.2, 0.25) is 0 Å². The Bertz CT molecular complexity index is 840. The molecule has 1 N–H and O–H groups in total. The third-order valence-electron chi connectivity index (χ3n) is 3.55. The highest BCUT2D eigenvalue weighted by Gasteiger charge is 2.16. The van der Waals surface area contributed by atoms with Crippen LogP contribution >= 0.6 is 0 Å². The molecule has 2 aromatic carbocycles. The Morgan fingerprint density at radius 3 is 2.56 bits per heavy atom. The van der Waals surface area contributed by atoms with Crippen molar-refractivity contribution >= 4 is 23.5 Å². The van der Waals surface area contributed by atoms with Gasteiger partial charge in [-0.1, -0.05) is 12.1 Å². The first-order chi connectivity index (χ1) is 12.9. The lowest BCUT2D eigenvalue weighted by Gasteiger charge is -2.17. The molecule has 0 aromatic heterocycles. The van der Waals surface area contributed by atoms with E-state index in [1.165, 1.54) is 32.4 Å². The first-order valence-corrected chi connectivity index (χ1v) is 7.99. The molecule has 0 heterocycles. The Hall–Kier alpha value is -3.42. The van der Waals surface area contributed by atoms with E-state index in [4.69, 9.17) is 9.47 Å². The van der Waals surface area contributed by atoms with Gasteiger partial charge in [0.05, 0.1) is 19.2 Å². The number of rotatable bonds is 7. The van der Waals surface area contributed by atoms with E-state index in [1.54, 1.807) is 24.3 Å². The number of benzene rings is 2. The van der Waals surface area contributed by atoms with Gasteiger partial charge in [0.25, 0.3) is 5.91 Å². The zero-order chi connectivity index (χ0) is 19.8. The zero-order valence-corrected chi connectivity index (χ0v) is 14.9. The molecule has 0 saturated heterocycles. The van der Waals surface area contributed by atoms with Gasteiger partial charge in [-0.2, -0.15) is 0 Å². The minimum Gasteiger partial charge on any atom is -0.497 e. The molecule has 8 heteroatoms. The third-order valence-corrected chi connectivity index (χ3v) is 3.55. The number of hydrogen-bond donors (Lipinski definition) is 1. The summed E-state index contributed by atoms with van der Waals surface area (Å²) < 4.78 is 23.0. The van der Waals surface area contributed by atoms with Crippen LogP contribution in [0.15, 0.2) is 48.5 Å². The monoisotopic (exact) mass is 374 g/mol. The van der Waals surface area contributed by atoms with Gasteiger partial charge in [0, 0.05) is 18.8 Å². The number of nitrogens with one attached hydrogen (secondary N) is 1. The lowest BCUT2D eigenvalue weighted by atomic mass is 10.2. The summed E-state index contributed by atoms with van der Waals surface area (Å²) in [7, 11) is 2.92. The number of halogens is 1. The normalized spacial score (nSPS) is 10.0. The van der Waals surface area contributed by atoms with Crippen molar-refractivity contribution in [3.05, 3.63) is 59.9 Å². The average molecular weight is 374 g/mol. The number of anilines is 1. The van der Waals surface area contributed by atoms with Gasteiger partial charge < -0.3 is 19.7 Å². The molecular weight excluding hydrogens is 355 g/mol. The van der Waals surface area contributed by atoms with E-state index in [0.717, 1.165) is 11.0 Å². The van der Waals surface area contributed by atoms with Crippen molar-refractivity contribution in [3.63, 3.8) is 0 Å². The summed E-state index contributed by atoms with van der Waals surface area (Å²) in [5, 5.41) is 2.64. The Morgan fingerprint density at radius 2 is 1.85 bits per heavy atom. The molecule has 0 aliphatic rings. The Labute approximate surface area is 155 Å². The summed E-state index contributed by atoms with van der Waals surface area (Å²) in [6, 6.07) is 11.7. The molecule has 0 spiro atoms. The Morgan fingerprint density at radius 1 is 1.11 bits per heavy atom. The van der Waals surface area contributed by atoms with Crippen LogP contribution in [0.25, 0.3) is 0 Å². The number of ether oxygens (including phenoxy) is 2. The lowest BCUT2D eigenvalue weighted by Crippen LogP contribution is -2.37. The molecule has 2 amide bonds. The maximum absolute atomic E-state index is 13.1. The third kappa shape index (κ3) is 6.10. The molecule has 2 aromatic rings. The van der Waals surface area contributed by atoms with Crippen LogP contribution < -0.4 is 10.1 Å². The second kappa shape index (κ2) is 9.33. The number of carbonyl (C=O) groups excluding carboxylic acids is 3. The highest BCUT2D eigenvalue weighted by molar-refractivity contribution is 5.95. The van der Waals surface area contributed by atoms with Crippen molar-refractivity contribution in [1.82, 2.24) is 4.90 Å². The van der Waals surface area contributed by atoms with Crippen LogP contribution in [0.4, 0.5) is 10.1 Å². The van der Waals surface area contributed by atoms with E-state index < -0.39 is 30.2 Å². The molecule has 0 radical (unpaired) electrons. The van der Waals surface area contributed by atoms with Gasteiger partial charge in [0.15, 0.2) is 6.61 Å². The van der Waals surface area contributed by atoms with Crippen molar-refractivity contribution in [2.45, 2.75) is 0 Å². The smallest absolute Gasteiger partial charge is 0.338 e. The second-order valence-corrected chi connectivity index (χ2v) is 5.62. The van der Waals surface area contributed by atoms with Crippen molar-refractivity contribution in [1.29, 1.82) is 0 Å². The van der Waals surface area contributed by atoms with Gasteiger partial charge in [-0.25, -0.2) is 9.18 Å². The highest BCUT2D eigenvalue weighted by Crippen LogP contribution is 2.16. The minimum absolute atomic E-state index is 0.00113. The maximum Gasteiger partial charge on any atom is 0.338 e. The molecule has 0 aliphatic heterocycles. The maximum atomic E-state index is 13.1. The molecule has 0 unspecified atom stereocenters. The highest BCUT2D eigenvalue weighted by atomic mass is 19.1. The van der Waals surface area contributed by atoms with Crippen LogP contribution in [-0.2, 0) is 14.3 Å². The van der Waals surface area contributed by atoms with Crippen LogP contribution in [0, 0.1) is 5.82 Å². The van der Waals surface area contributed by atoms with Crippen LogP contribution in [-0.4, -0.2) is 50.0 Å². The fourth-order valence-electron chi connectivity index (χ4n) is 2.14. The van der Waals surface area contributed by atoms with E-state index >= 15 is 0 Å². The first kappa shape index (κ1) is 19.9. The van der Waals surface area contributed by atoms with Crippen LogP contribution in [0.3, 0.4) is 0 Å². The summed E-state index contributed by atoms with van der Waals surface area (Å²) in [5.74, 6) is -1.81. The van der Waals surface area contributed by atoms with E-state index in [2.05, 4.69) is 5.32 Å². The molecule has 0 aliphatic carbocycles. The van der Waals surface area contributed by atoms with Crippen molar-refractivity contribution < 1.29 is 28.2 Å². The number of carbonyl (C=O) groups is 3. The van der Waals surface area contributed by atoms with Gasteiger partial charge in [-0.15, -0.1) is 0 Å². The van der Waals surface area contributed by atoms with Crippen molar-refractivity contribution in [3.8, 4) is 5.75 Å². The standard InChI is InChI=1S/C19H19FN2O5/c1-22(11-17(23)21-15-7-4-8-16(10-15)26-2)18(24)12-27-19(25)13-5-3-6-14(20)9-13/h3-10H,11-12H2,1-2H3,(H,21,23). The molecule has 2 rings (SSSR count). The largest absolute Gasteiger partial charge is 0.497 e. The summed E-state index contributed by atoms with van der Waals surface area (Å²) in [6.07, 6.45) is 0. The fourth-order valence-corrected chi connectivity index (χ4v) is 2.14. The summed E-state index contributed by atoms with van der Waals surface area (Å²) in [6.45, 7) is -0.786. The Kier molecular flexibility index (Phi) is 6.87. The molecule has 0 fully saturated rings. The molecule has 0 saturated carbocycles. The molecule has 7 nitrogen and oxygen atoms in total. The molecule has 27 heavy (non-hydrogen) atoms. The quantitative estimate of drug-likeness (QED) is 0.750. The molecule has 142 valence electrons.